The van der Waals surface area contributed by atoms with Crippen molar-refractivity contribution in [3.63, 3.8) is 0 Å². The first-order valence-electron chi connectivity index (χ1n) is 13.2. The molecule has 3 heterocycles. The monoisotopic (exact) mass is 524 g/mol. The molecule has 1 fully saturated rings. The molecule has 0 unspecified atom stereocenters. The molecule has 5 rings (SSSR count). The molecular weight excluding hydrogens is 492 g/mol. The standard InChI is InChI=1S/C30H32N6O3/c1-3-36-21-31-27-28(33-30(34-29(27)36)39-18-15-35-13-16-38-17-14-35)32-25-6-4-5-24(19-25)20-26(37)12-11-23-9-7-22(2)8-10-23/h4-10,19,21H,3,13-18,20H2,1-2H3,(H,32,33,34). The molecule has 0 saturated carbocycles. The van der Waals surface area contributed by atoms with Gasteiger partial charge in [-0.05, 0) is 49.6 Å². The maximum Gasteiger partial charge on any atom is 0.320 e. The Hall–Kier alpha value is -4.26. The van der Waals surface area contributed by atoms with E-state index in [1.165, 1.54) is 0 Å². The van der Waals surface area contributed by atoms with Gasteiger partial charge in [-0.25, -0.2) is 4.98 Å². The number of Topliss-reactive ketones (excluding diaryl/α,β-unsaturated/α-hetero) is 1. The summed E-state index contributed by atoms with van der Waals surface area (Å²) in [5.74, 6) is 6.11. The lowest BCUT2D eigenvalue weighted by molar-refractivity contribution is -0.113. The highest BCUT2D eigenvalue weighted by Crippen LogP contribution is 2.25. The molecule has 2 aromatic carbocycles. The first kappa shape index (κ1) is 26.4. The molecule has 1 aliphatic rings. The number of imidazole rings is 1. The lowest BCUT2D eigenvalue weighted by Crippen LogP contribution is -2.38. The minimum Gasteiger partial charge on any atom is -0.462 e. The van der Waals surface area contributed by atoms with Crippen LogP contribution in [0.25, 0.3) is 11.2 Å². The number of carbonyl (C=O) groups excluding carboxylic acids is 1. The molecule has 9 nitrogen and oxygen atoms in total. The number of anilines is 2. The van der Waals surface area contributed by atoms with Gasteiger partial charge >= 0.3 is 6.01 Å². The number of nitrogens with zero attached hydrogens (tertiary/aromatic N) is 5. The van der Waals surface area contributed by atoms with E-state index in [9.17, 15) is 4.79 Å². The largest absolute Gasteiger partial charge is 0.462 e. The normalized spacial score (nSPS) is 13.6. The van der Waals surface area contributed by atoms with Gasteiger partial charge in [0.1, 0.15) is 6.61 Å². The van der Waals surface area contributed by atoms with Crippen molar-refractivity contribution >= 4 is 28.5 Å². The summed E-state index contributed by atoms with van der Waals surface area (Å²) in [5, 5.41) is 3.36. The van der Waals surface area contributed by atoms with Crippen molar-refractivity contribution < 1.29 is 14.3 Å². The third-order valence-electron chi connectivity index (χ3n) is 6.48. The van der Waals surface area contributed by atoms with E-state index >= 15 is 0 Å². The quantitative estimate of drug-likeness (QED) is 0.331. The number of ether oxygens (including phenoxy) is 2. The average molecular weight is 525 g/mol. The van der Waals surface area contributed by atoms with Gasteiger partial charge in [0, 0.05) is 43.9 Å². The fourth-order valence-corrected chi connectivity index (χ4v) is 4.30. The molecule has 2 aromatic heterocycles. The summed E-state index contributed by atoms with van der Waals surface area (Å²) in [5.41, 5.74) is 4.99. The zero-order valence-corrected chi connectivity index (χ0v) is 22.3. The van der Waals surface area contributed by atoms with Crippen molar-refractivity contribution in [2.75, 3.05) is 44.8 Å². The number of aryl methyl sites for hydroxylation is 2. The number of rotatable bonds is 9. The molecule has 39 heavy (non-hydrogen) atoms. The van der Waals surface area contributed by atoms with Gasteiger partial charge in [0.2, 0.25) is 5.78 Å². The Morgan fingerprint density at radius 3 is 2.74 bits per heavy atom. The van der Waals surface area contributed by atoms with Crippen LogP contribution in [0.3, 0.4) is 0 Å². The van der Waals surface area contributed by atoms with Crippen LogP contribution in [0.15, 0.2) is 54.9 Å². The van der Waals surface area contributed by atoms with Gasteiger partial charge in [-0.15, -0.1) is 0 Å². The Labute approximate surface area is 228 Å². The summed E-state index contributed by atoms with van der Waals surface area (Å²) in [7, 11) is 0. The summed E-state index contributed by atoms with van der Waals surface area (Å²) < 4.78 is 13.3. The first-order valence-corrected chi connectivity index (χ1v) is 13.2. The zero-order chi connectivity index (χ0) is 27.0. The van der Waals surface area contributed by atoms with Gasteiger partial charge in [0.05, 0.1) is 19.5 Å². The fraction of sp³-hybridized carbons (Fsp3) is 0.333. The van der Waals surface area contributed by atoms with Crippen molar-refractivity contribution in [3.8, 4) is 17.9 Å². The van der Waals surface area contributed by atoms with Gasteiger partial charge in [0.25, 0.3) is 0 Å². The van der Waals surface area contributed by atoms with Crippen LogP contribution in [0.2, 0.25) is 0 Å². The van der Waals surface area contributed by atoms with E-state index in [0.717, 1.165) is 61.8 Å². The van der Waals surface area contributed by atoms with Gasteiger partial charge < -0.3 is 19.4 Å². The Bertz CT molecular complexity index is 1500. The molecule has 0 atom stereocenters. The summed E-state index contributed by atoms with van der Waals surface area (Å²) in [6.45, 7) is 9.33. The van der Waals surface area contributed by atoms with Crippen molar-refractivity contribution in [1.29, 1.82) is 0 Å². The number of benzene rings is 2. The SMILES string of the molecule is CCn1cnc2c(Nc3cccc(CC(=O)C#Cc4ccc(C)cc4)c3)nc(OCCN3CCOCC3)nc21. The first-order chi connectivity index (χ1) is 19.1. The fourth-order valence-electron chi connectivity index (χ4n) is 4.30. The van der Waals surface area contributed by atoms with E-state index in [2.05, 4.69) is 37.0 Å². The highest BCUT2D eigenvalue weighted by molar-refractivity contribution is 5.97. The second-order valence-electron chi connectivity index (χ2n) is 9.40. The predicted molar refractivity (Wildman–Crippen MR) is 150 cm³/mol. The molecule has 1 saturated heterocycles. The predicted octanol–water partition coefficient (Wildman–Crippen LogP) is 3.77. The lowest BCUT2D eigenvalue weighted by Gasteiger charge is -2.26. The van der Waals surface area contributed by atoms with E-state index in [0.29, 0.717) is 29.6 Å². The van der Waals surface area contributed by atoms with E-state index < -0.39 is 0 Å². The number of hydrogen-bond acceptors (Lipinski definition) is 8. The molecule has 1 N–H and O–H groups in total. The van der Waals surface area contributed by atoms with E-state index in [1.54, 1.807) is 6.33 Å². The second-order valence-corrected chi connectivity index (χ2v) is 9.40. The molecule has 200 valence electrons. The molecule has 0 bridgehead atoms. The van der Waals surface area contributed by atoms with Gasteiger partial charge in [-0.3, -0.25) is 9.69 Å². The van der Waals surface area contributed by atoms with Gasteiger partial charge in [-0.2, -0.15) is 9.97 Å². The Morgan fingerprint density at radius 2 is 1.95 bits per heavy atom. The number of morpholine rings is 1. The van der Waals surface area contributed by atoms with Gasteiger partial charge in [0.15, 0.2) is 17.0 Å². The third kappa shape index (κ3) is 6.99. The van der Waals surface area contributed by atoms with E-state index in [-0.39, 0.29) is 12.2 Å². The van der Waals surface area contributed by atoms with Gasteiger partial charge in [-0.1, -0.05) is 35.7 Å². The number of fused-ring (bicyclic) bond motifs is 1. The number of aromatic nitrogens is 4. The minimum absolute atomic E-state index is 0.144. The Morgan fingerprint density at radius 1 is 1.13 bits per heavy atom. The number of carbonyl (C=O) groups is 1. The van der Waals surface area contributed by atoms with Crippen LogP contribution in [0.5, 0.6) is 6.01 Å². The van der Waals surface area contributed by atoms with Crippen molar-refractivity contribution in [1.82, 2.24) is 24.4 Å². The number of hydrogen-bond donors (Lipinski definition) is 1. The highest BCUT2D eigenvalue weighted by Gasteiger charge is 2.16. The summed E-state index contributed by atoms with van der Waals surface area (Å²) in [6.07, 6.45) is 1.97. The number of nitrogens with one attached hydrogen (secondary N) is 1. The molecule has 0 amide bonds. The maximum atomic E-state index is 12.5. The van der Waals surface area contributed by atoms with Crippen LogP contribution in [-0.4, -0.2) is 69.7 Å². The minimum atomic E-state index is -0.144. The second kappa shape index (κ2) is 12.5. The van der Waals surface area contributed by atoms with Crippen molar-refractivity contribution in [3.05, 3.63) is 71.5 Å². The average Bonchev–Trinajstić information content (AvgIpc) is 3.37. The van der Waals surface area contributed by atoms with E-state index in [4.69, 9.17) is 9.47 Å². The van der Waals surface area contributed by atoms with Crippen LogP contribution in [0.4, 0.5) is 11.5 Å². The molecule has 1 aliphatic heterocycles. The van der Waals surface area contributed by atoms with Crippen LogP contribution in [-0.2, 0) is 22.5 Å². The lowest BCUT2D eigenvalue weighted by atomic mass is 10.1. The molecule has 9 heteroatoms. The molecular formula is C30H32N6O3. The Kier molecular flexibility index (Phi) is 8.46. The van der Waals surface area contributed by atoms with Crippen LogP contribution in [0.1, 0.15) is 23.6 Å². The van der Waals surface area contributed by atoms with Crippen LogP contribution in [0, 0.1) is 18.8 Å². The molecule has 4 aromatic rings. The number of ketones is 1. The van der Waals surface area contributed by atoms with E-state index in [1.807, 2.05) is 66.9 Å². The molecule has 0 radical (unpaired) electrons. The van der Waals surface area contributed by atoms with Crippen LogP contribution >= 0.6 is 0 Å². The summed E-state index contributed by atoms with van der Waals surface area (Å²) >= 11 is 0. The van der Waals surface area contributed by atoms with Crippen molar-refractivity contribution in [2.45, 2.75) is 26.8 Å². The Balaban J connectivity index is 1.30. The zero-order valence-electron chi connectivity index (χ0n) is 22.3. The summed E-state index contributed by atoms with van der Waals surface area (Å²) in [6, 6.07) is 15.8. The summed E-state index contributed by atoms with van der Waals surface area (Å²) in [4.78, 5) is 28.6. The van der Waals surface area contributed by atoms with Crippen LogP contribution < -0.4 is 10.1 Å². The maximum absolute atomic E-state index is 12.5. The molecule has 0 aliphatic carbocycles. The topological polar surface area (TPSA) is 94.4 Å². The highest BCUT2D eigenvalue weighted by atomic mass is 16.5. The molecule has 0 spiro atoms. The smallest absolute Gasteiger partial charge is 0.320 e. The third-order valence-corrected chi connectivity index (χ3v) is 6.48. The van der Waals surface area contributed by atoms with Crippen molar-refractivity contribution in [2.24, 2.45) is 0 Å².